The van der Waals surface area contributed by atoms with Crippen molar-refractivity contribution in [1.29, 1.82) is 0 Å². The van der Waals surface area contributed by atoms with Crippen LogP contribution < -0.4 is 5.73 Å². The molecule has 1 saturated heterocycles. The SMILES string of the molecule is NCc1cc(C(=O)N2CCN(C(=O)c3ccc(F)cc3)CC2)co1. The Balaban J connectivity index is 1.60. The summed E-state index contributed by atoms with van der Waals surface area (Å²) >= 11 is 0. The summed E-state index contributed by atoms with van der Waals surface area (Å²) in [6, 6.07) is 7.10. The van der Waals surface area contributed by atoms with E-state index in [1.54, 1.807) is 15.9 Å². The Bertz CT molecular complexity index is 734. The average Bonchev–Trinajstić information content (AvgIpc) is 3.10. The summed E-state index contributed by atoms with van der Waals surface area (Å²) < 4.78 is 18.1. The summed E-state index contributed by atoms with van der Waals surface area (Å²) in [4.78, 5) is 28.1. The molecule has 3 rings (SSSR count). The van der Waals surface area contributed by atoms with E-state index >= 15 is 0 Å². The van der Waals surface area contributed by atoms with Gasteiger partial charge in [0.1, 0.15) is 17.8 Å². The molecule has 2 N–H and O–H groups in total. The lowest BCUT2D eigenvalue weighted by atomic mass is 10.1. The number of nitrogens with zero attached hydrogens (tertiary/aromatic N) is 2. The predicted molar refractivity (Wildman–Crippen MR) is 84.8 cm³/mol. The minimum Gasteiger partial charge on any atom is -0.467 e. The van der Waals surface area contributed by atoms with Crippen LogP contribution in [0.2, 0.25) is 0 Å². The fraction of sp³-hybridized carbons (Fsp3) is 0.294. The van der Waals surface area contributed by atoms with Gasteiger partial charge in [0.15, 0.2) is 0 Å². The van der Waals surface area contributed by atoms with E-state index in [1.807, 2.05) is 0 Å². The quantitative estimate of drug-likeness (QED) is 0.924. The zero-order chi connectivity index (χ0) is 17.1. The highest BCUT2D eigenvalue weighted by Gasteiger charge is 2.26. The van der Waals surface area contributed by atoms with Gasteiger partial charge in [-0.25, -0.2) is 4.39 Å². The van der Waals surface area contributed by atoms with Gasteiger partial charge in [-0.2, -0.15) is 0 Å². The fourth-order valence-corrected chi connectivity index (χ4v) is 2.67. The molecule has 1 aromatic carbocycles. The molecule has 0 atom stereocenters. The number of halogens is 1. The number of piperazine rings is 1. The van der Waals surface area contributed by atoms with Crippen molar-refractivity contribution in [2.45, 2.75) is 6.54 Å². The van der Waals surface area contributed by atoms with Gasteiger partial charge in [0.25, 0.3) is 11.8 Å². The Morgan fingerprint density at radius 1 is 1.00 bits per heavy atom. The highest BCUT2D eigenvalue weighted by Crippen LogP contribution is 2.14. The van der Waals surface area contributed by atoms with Crippen LogP contribution in [-0.4, -0.2) is 47.8 Å². The molecule has 0 bridgehead atoms. The Kier molecular flexibility index (Phi) is 4.61. The first-order valence-electron chi connectivity index (χ1n) is 7.70. The van der Waals surface area contributed by atoms with Crippen LogP contribution in [0.25, 0.3) is 0 Å². The Morgan fingerprint density at radius 3 is 2.04 bits per heavy atom. The predicted octanol–water partition coefficient (Wildman–Crippen LogP) is 1.48. The highest BCUT2D eigenvalue weighted by atomic mass is 19.1. The van der Waals surface area contributed by atoms with Gasteiger partial charge in [0.05, 0.1) is 12.1 Å². The zero-order valence-electron chi connectivity index (χ0n) is 13.1. The molecule has 2 aromatic rings. The maximum atomic E-state index is 12.9. The van der Waals surface area contributed by atoms with E-state index in [4.69, 9.17) is 10.2 Å². The molecule has 2 heterocycles. The summed E-state index contributed by atoms with van der Waals surface area (Å²) in [7, 11) is 0. The van der Waals surface area contributed by atoms with Crippen molar-refractivity contribution < 1.29 is 18.4 Å². The molecule has 0 radical (unpaired) electrons. The van der Waals surface area contributed by atoms with Crippen molar-refractivity contribution in [2.75, 3.05) is 26.2 Å². The molecule has 0 saturated carbocycles. The monoisotopic (exact) mass is 331 g/mol. The average molecular weight is 331 g/mol. The summed E-state index contributed by atoms with van der Waals surface area (Å²) in [5, 5.41) is 0. The number of furan rings is 1. The van der Waals surface area contributed by atoms with Gasteiger partial charge >= 0.3 is 0 Å². The van der Waals surface area contributed by atoms with E-state index in [1.165, 1.54) is 30.5 Å². The molecular formula is C17H18FN3O3. The molecule has 0 spiro atoms. The Morgan fingerprint density at radius 2 is 1.54 bits per heavy atom. The van der Waals surface area contributed by atoms with E-state index in [2.05, 4.69) is 0 Å². The van der Waals surface area contributed by atoms with Crippen molar-refractivity contribution in [3.63, 3.8) is 0 Å². The van der Waals surface area contributed by atoms with Gasteiger partial charge in [-0.1, -0.05) is 0 Å². The van der Waals surface area contributed by atoms with Crippen LogP contribution in [0.15, 0.2) is 41.0 Å². The second-order valence-electron chi connectivity index (χ2n) is 5.60. The standard InChI is InChI=1S/C17H18FN3O3/c18-14-3-1-12(2-4-14)16(22)20-5-7-21(8-6-20)17(23)13-9-15(10-19)24-11-13/h1-4,9,11H,5-8,10,19H2. The first kappa shape index (κ1) is 16.2. The first-order valence-corrected chi connectivity index (χ1v) is 7.70. The number of carbonyl (C=O) groups excluding carboxylic acids is 2. The van der Waals surface area contributed by atoms with E-state index in [-0.39, 0.29) is 24.2 Å². The molecular weight excluding hydrogens is 313 g/mol. The Hall–Kier alpha value is -2.67. The normalized spacial score (nSPS) is 14.8. The van der Waals surface area contributed by atoms with Crippen LogP contribution in [0.3, 0.4) is 0 Å². The van der Waals surface area contributed by atoms with Crippen LogP contribution in [0.4, 0.5) is 4.39 Å². The third-order valence-corrected chi connectivity index (χ3v) is 4.05. The second-order valence-corrected chi connectivity index (χ2v) is 5.60. The van der Waals surface area contributed by atoms with E-state index in [0.717, 1.165) is 0 Å². The second kappa shape index (κ2) is 6.84. The molecule has 1 aliphatic heterocycles. The number of rotatable bonds is 3. The molecule has 24 heavy (non-hydrogen) atoms. The maximum absolute atomic E-state index is 12.9. The number of hydrogen-bond donors (Lipinski definition) is 1. The lowest BCUT2D eigenvalue weighted by molar-refractivity contribution is 0.0535. The number of nitrogens with two attached hydrogens (primary N) is 1. The lowest BCUT2D eigenvalue weighted by Crippen LogP contribution is -2.50. The van der Waals surface area contributed by atoms with Gasteiger partial charge in [-0.05, 0) is 30.3 Å². The topological polar surface area (TPSA) is 79.8 Å². The first-order chi connectivity index (χ1) is 11.6. The summed E-state index contributed by atoms with van der Waals surface area (Å²) in [5.74, 6) is -0.106. The molecule has 1 fully saturated rings. The summed E-state index contributed by atoms with van der Waals surface area (Å²) in [5.41, 5.74) is 6.38. The zero-order valence-corrected chi connectivity index (χ0v) is 13.1. The summed E-state index contributed by atoms with van der Waals surface area (Å²) in [6.45, 7) is 1.99. The number of carbonyl (C=O) groups is 2. The lowest BCUT2D eigenvalue weighted by Gasteiger charge is -2.34. The fourth-order valence-electron chi connectivity index (χ4n) is 2.67. The molecule has 7 heteroatoms. The minimum atomic E-state index is -0.376. The van der Waals surface area contributed by atoms with Crippen LogP contribution in [0, 0.1) is 5.82 Å². The van der Waals surface area contributed by atoms with Crippen molar-refractivity contribution in [1.82, 2.24) is 9.80 Å². The number of hydrogen-bond acceptors (Lipinski definition) is 4. The van der Waals surface area contributed by atoms with Gasteiger partial charge < -0.3 is 20.0 Å². The van der Waals surface area contributed by atoms with Crippen LogP contribution in [0.5, 0.6) is 0 Å². The van der Waals surface area contributed by atoms with Gasteiger partial charge in [0, 0.05) is 31.7 Å². The van der Waals surface area contributed by atoms with Gasteiger partial charge in [-0.3, -0.25) is 9.59 Å². The number of benzene rings is 1. The van der Waals surface area contributed by atoms with Gasteiger partial charge in [-0.15, -0.1) is 0 Å². The van der Waals surface area contributed by atoms with E-state index in [9.17, 15) is 14.0 Å². The van der Waals surface area contributed by atoms with Crippen molar-refractivity contribution >= 4 is 11.8 Å². The van der Waals surface area contributed by atoms with Crippen molar-refractivity contribution in [3.05, 3.63) is 59.3 Å². The van der Waals surface area contributed by atoms with E-state index < -0.39 is 0 Å². The minimum absolute atomic E-state index is 0.132. The Labute approximate surface area is 138 Å². The van der Waals surface area contributed by atoms with Crippen LogP contribution in [0.1, 0.15) is 26.5 Å². The molecule has 126 valence electrons. The third kappa shape index (κ3) is 3.30. The molecule has 0 unspecified atom stereocenters. The van der Waals surface area contributed by atoms with Crippen LogP contribution >= 0.6 is 0 Å². The molecule has 2 amide bonds. The maximum Gasteiger partial charge on any atom is 0.257 e. The smallest absolute Gasteiger partial charge is 0.257 e. The molecule has 1 aromatic heterocycles. The van der Waals surface area contributed by atoms with Gasteiger partial charge in [0.2, 0.25) is 0 Å². The number of amides is 2. The summed E-state index contributed by atoms with van der Waals surface area (Å²) in [6.07, 6.45) is 1.40. The molecule has 1 aliphatic rings. The van der Waals surface area contributed by atoms with Crippen molar-refractivity contribution in [3.8, 4) is 0 Å². The molecule has 0 aliphatic carbocycles. The third-order valence-electron chi connectivity index (χ3n) is 4.05. The molecule has 6 nitrogen and oxygen atoms in total. The van der Waals surface area contributed by atoms with Crippen molar-refractivity contribution in [2.24, 2.45) is 5.73 Å². The highest BCUT2D eigenvalue weighted by molar-refractivity contribution is 5.95. The van der Waals surface area contributed by atoms with E-state index in [0.29, 0.717) is 43.1 Å². The largest absolute Gasteiger partial charge is 0.467 e. The van der Waals surface area contributed by atoms with Crippen LogP contribution in [-0.2, 0) is 6.54 Å².